The average molecular weight is 562 g/mol. The van der Waals surface area contributed by atoms with E-state index in [2.05, 4.69) is 30.0 Å². The second-order valence-corrected chi connectivity index (χ2v) is 9.11. The molecule has 0 bridgehead atoms. The van der Waals surface area contributed by atoms with Gasteiger partial charge in [-0.05, 0) is 24.5 Å². The third-order valence-corrected chi connectivity index (χ3v) is 6.36. The minimum atomic E-state index is -4.63. The molecule has 4 heterocycles. The molecule has 4 rings (SSSR count). The predicted octanol–water partition coefficient (Wildman–Crippen LogP) is 4.71. The van der Waals surface area contributed by atoms with Gasteiger partial charge in [0.15, 0.2) is 5.69 Å². The van der Waals surface area contributed by atoms with Gasteiger partial charge in [0.05, 0.1) is 42.1 Å². The van der Waals surface area contributed by atoms with Crippen LogP contribution in [0.25, 0.3) is 0 Å². The minimum Gasteiger partial charge on any atom is -0.471 e. The molecule has 0 saturated carbocycles. The Labute approximate surface area is 216 Å². The summed E-state index contributed by atoms with van der Waals surface area (Å²) in [6, 6.07) is 2.92. The number of anilines is 3. The summed E-state index contributed by atoms with van der Waals surface area (Å²) in [5.41, 5.74) is -0.347. The lowest BCUT2D eigenvalue weighted by atomic mass is 10.1. The number of nitrogens with zero attached hydrogens (tertiary/aromatic N) is 5. The van der Waals surface area contributed by atoms with Gasteiger partial charge < -0.3 is 15.4 Å². The fraction of sp³-hybridized carbons (Fsp3) is 0.409. The van der Waals surface area contributed by atoms with Crippen molar-refractivity contribution in [3.63, 3.8) is 0 Å². The number of aryl methyl sites for hydroxylation is 1. The number of rotatable bonds is 8. The van der Waals surface area contributed by atoms with Gasteiger partial charge >= 0.3 is 6.18 Å². The lowest BCUT2D eigenvalue weighted by Crippen LogP contribution is -2.48. The number of piperidine rings is 1. The van der Waals surface area contributed by atoms with E-state index < -0.39 is 43.0 Å². The maximum atomic E-state index is 14.4. The number of hydrogen-bond acceptors (Lipinski definition) is 9. The Bertz CT molecular complexity index is 1240. The van der Waals surface area contributed by atoms with E-state index in [1.54, 1.807) is 6.92 Å². The van der Waals surface area contributed by atoms with E-state index in [9.17, 15) is 31.1 Å². The summed E-state index contributed by atoms with van der Waals surface area (Å²) in [7, 11) is 0. The van der Waals surface area contributed by atoms with Crippen molar-refractivity contribution in [2.75, 3.05) is 30.3 Å². The highest BCUT2D eigenvalue weighted by atomic mass is 32.1. The number of carbonyl (C=O) groups excluding carboxylic acids is 1. The van der Waals surface area contributed by atoms with E-state index in [-0.39, 0.29) is 47.5 Å². The molecule has 9 nitrogen and oxygen atoms in total. The molecule has 3 aromatic rings. The van der Waals surface area contributed by atoms with Gasteiger partial charge in [-0.2, -0.15) is 17.5 Å². The summed E-state index contributed by atoms with van der Waals surface area (Å²) in [6.45, 7) is 1.20. The SMILES string of the molecule is Cc1nsc(Nc2cnc(C(F)(F)F)cn2)c1C(=O)Nc1ccc(O[C@H]2CCN(CC(F)F)C[C@H]2F)nc1. The molecule has 0 radical (unpaired) electrons. The maximum Gasteiger partial charge on any atom is 0.434 e. The fourth-order valence-corrected chi connectivity index (χ4v) is 4.49. The van der Waals surface area contributed by atoms with Crippen LogP contribution in [0, 0.1) is 6.92 Å². The van der Waals surface area contributed by atoms with Crippen LogP contribution in [-0.2, 0) is 6.18 Å². The van der Waals surface area contributed by atoms with Crippen LogP contribution in [0.15, 0.2) is 30.7 Å². The van der Waals surface area contributed by atoms with Crippen LogP contribution in [0.1, 0.15) is 28.2 Å². The second-order valence-electron chi connectivity index (χ2n) is 8.33. The van der Waals surface area contributed by atoms with Gasteiger partial charge in [-0.25, -0.2) is 28.1 Å². The van der Waals surface area contributed by atoms with Crippen LogP contribution in [-0.4, -0.2) is 68.5 Å². The molecular weight excluding hydrogens is 540 g/mol. The van der Waals surface area contributed by atoms with Crippen LogP contribution < -0.4 is 15.4 Å². The molecule has 0 unspecified atom stereocenters. The molecule has 1 saturated heterocycles. The van der Waals surface area contributed by atoms with E-state index >= 15 is 0 Å². The Balaban J connectivity index is 1.36. The molecule has 1 aliphatic rings. The van der Waals surface area contributed by atoms with Crippen LogP contribution in [0.4, 0.5) is 42.8 Å². The van der Waals surface area contributed by atoms with Crippen molar-refractivity contribution < 1.29 is 35.9 Å². The molecule has 1 fully saturated rings. The molecule has 2 atom stereocenters. The lowest BCUT2D eigenvalue weighted by molar-refractivity contribution is -0.141. The van der Waals surface area contributed by atoms with Crippen molar-refractivity contribution in [1.29, 1.82) is 0 Å². The van der Waals surface area contributed by atoms with Crippen molar-refractivity contribution in [3.8, 4) is 5.88 Å². The van der Waals surface area contributed by atoms with Crippen LogP contribution in [0.5, 0.6) is 5.88 Å². The van der Waals surface area contributed by atoms with Crippen molar-refractivity contribution in [1.82, 2.24) is 24.2 Å². The molecule has 0 aliphatic carbocycles. The summed E-state index contributed by atoms with van der Waals surface area (Å²) >= 11 is 0.917. The van der Waals surface area contributed by atoms with E-state index in [0.29, 0.717) is 11.9 Å². The molecule has 2 N–H and O–H groups in total. The fourth-order valence-electron chi connectivity index (χ4n) is 3.69. The number of aromatic nitrogens is 4. The average Bonchev–Trinajstić information content (AvgIpc) is 3.21. The zero-order chi connectivity index (χ0) is 27.4. The third kappa shape index (κ3) is 6.86. The minimum absolute atomic E-state index is 0.00919. The number of halogens is 6. The van der Waals surface area contributed by atoms with Gasteiger partial charge in [0.1, 0.15) is 23.1 Å². The number of pyridine rings is 1. The standard InChI is InChI=1S/C22H21F6N7O2S/c1-11-19(21(38-34-11)33-17-8-29-15(7-30-17)22(26,27)28)20(36)32-12-2-3-18(31-6-12)37-14-4-5-35(9-13(14)23)10-16(24)25/h2-3,6-8,13-14,16H,4-5,9-10H2,1H3,(H,30,33)(H,32,36)/t13-,14+/m1/s1. The highest BCUT2D eigenvalue weighted by Crippen LogP contribution is 2.30. The predicted molar refractivity (Wildman–Crippen MR) is 126 cm³/mol. The second kappa shape index (κ2) is 11.5. The number of carbonyl (C=O) groups is 1. The molecule has 38 heavy (non-hydrogen) atoms. The Morgan fingerprint density at radius 3 is 2.61 bits per heavy atom. The van der Waals surface area contributed by atoms with E-state index in [1.165, 1.54) is 23.2 Å². The largest absolute Gasteiger partial charge is 0.471 e. The van der Waals surface area contributed by atoms with Gasteiger partial charge in [0, 0.05) is 25.6 Å². The topological polar surface area (TPSA) is 105 Å². The zero-order valence-corrected chi connectivity index (χ0v) is 20.5. The number of likely N-dealkylation sites (tertiary alicyclic amines) is 1. The zero-order valence-electron chi connectivity index (χ0n) is 19.7. The highest BCUT2D eigenvalue weighted by Gasteiger charge is 2.33. The molecular formula is C22H21F6N7O2S. The van der Waals surface area contributed by atoms with Crippen molar-refractivity contribution in [3.05, 3.63) is 47.7 Å². The van der Waals surface area contributed by atoms with Crippen LogP contribution in [0.2, 0.25) is 0 Å². The molecule has 3 aromatic heterocycles. The lowest BCUT2D eigenvalue weighted by Gasteiger charge is -2.34. The molecule has 204 valence electrons. The van der Waals surface area contributed by atoms with Gasteiger partial charge in [0.2, 0.25) is 5.88 Å². The normalized spacial score (nSPS) is 18.4. The van der Waals surface area contributed by atoms with Crippen LogP contribution >= 0.6 is 11.5 Å². The molecule has 0 spiro atoms. The van der Waals surface area contributed by atoms with Crippen molar-refractivity contribution in [2.45, 2.75) is 38.2 Å². The number of nitrogens with one attached hydrogen (secondary N) is 2. The quantitative estimate of drug-likeness (QED) is 0.381. The summed E-state index contributed by atoms with van der Waals surface area (Å²) in [4.78, 5) is 25.3. The monoisotopic (exact) mass is 561 g/mol. The Morgan fingerprint density at radius 1 is 1.21 bits per heavy atom. The molecule has 0 aromatic carbocycles. The first-order valence-corrected chi connectivity index (χ1v) is 12.0. The first-order chi connectivity index (χ1) is 18.0. The van der Waals surface area contributed by atoms with E-state index in [0.717, 1.165) is 17.7 Å². The first-order valence-electron chi connectivity index (χ1n) is 11.2. The summed E-state index contributed by atoms with van der Waals surface area (Å²) in [5.74, 6) is -0.469. The smallest absolute Gasteiger partial charge is 0.434 e. The Morgan fingerprint density at radius 2 is 2.00 bits per heavy atom. The van der Waals surface area contributed by atoms with Crippen molar-refractivity contribution >= 4 is 33.9 Å². The van der Waals surface area contributed by atoms with Gasteiger partial charge in [0.25, 0.3) is 12.3 Å². The van der Waals surface area contributed by atoms with E-state index in [4.69, 9.17) is 4.74 Å². The molecule has 16 heteroatoms. The summed E-state index contributed by atoms with van der Waals surface area (Å²) < 4.78 is 87.2. The van der Waals surface area contributed by atoms with E-state index in [1.807, 2.05) is 0 Å². The first kappa shape index (κ1) is 27.5. The van der Waals surface area contributed by atoms with Gasteiger partial charge in [-0.3, -0.25) is 9.69 Å². The van der Waals surface area contributed by atoms with Gasteiger partial charge in [-0.15, -0.1) is 0 Å². The summed E-state index contributed by atoms with van der Waals surface area (Å²) in [5, 5.41) is 5.63. The Kier molecular flexibility index (Phi) is 8.30. The number of ether oxygens (including phenoxy) is 1. The van der Waals surface area contributed by atoms with Gasteiger partial charge in [-0.1, -0.05) is 0 Å². The maximum absolute atomic E-state index is 14.4. The highest BCUT2D eigenvalue weighted by molar-refractivity contribution is 7.10. The van der Waals surface area contributed by atoms with Crippen molar-refractivity contribution in [2.24, 2.45) is 0 Å². The summed E-state index contributed by atoms with van der Waals surface area (Å²) in [6.07, 6.45) is -6.48. The van der Waals surface area contributed by atoms with Crippen LogP contribution in [0.3, 0.4) is 0 Å². The molecule has 1 amide bonds. The molecule has 1 aliphatic heterocycles. The Hall–Kier alpha value is -3.53. The number of amides is 1. The number of alkyl halides is 6. The third-order valence-electron chi connectivity index (χ3n) is 5.50. The number of hydrogen-bond donors (Lipinski definition) is 2.